The quantitative estimate of drug-likeness (QED) is 0.662. The molecule has 0 aliphatic heterocycles. The summed E-state index contributed by atoms with van der Waals surface area (Å²) >= 11 is 0. The van der Waals surface area contributed by atoms with Crippen molar-refractivity contribution in [3.8, 4) is 0 Å². The van der Waals surface area contributed by atoms with Gasteiger partial charge in [-0.3, -0.25) is 4.79 Å². The number of hydrogen-bond donors (Lipinski definition) is 3. The first-order chi connectivity index (χ1) is 8.15. The predicted octanol–water partition coefficient (Wildman–Crippen LogP) is 1.04. The average molecular weight is 236 g/mol. The molecule has 4 heteroatoms. The van der Waals surface area contributed by atoms with Gasteiger partial charge in [0.2, 0.25) is 5.91 Å². The third-order valence-electron chi connectivity index (χ3n) is 2.72. The Labute approximate surface area is 102 Å². The van der Waals surface area contributed by atoms with E-state index in [-0.39, 0.29) is 6.61 Å². The fourth-order valence-corrected chi connectivity index (χ4v) is 1.70. The molecule has 4 N–H and O–H groups in total. The van der Waals surface area contributed by atoms with Gasteiger partial charge in [-0.05, 0) is 31.4 Å². The van der Waals surface area contributed by atoms with Gasteiger partial charge in [-0.25, -0.2) is 0 Å². The van der Waals surface area contributed by atoms with E-state index in [1.54, 1.807) is 12.1 Å². The van der Waals surface area contributed by atoms with Crippen molar-refractivity contribution in [1.82, 2.24) is 5.32 Å². The van der Waals surface area contributed by atoms with E-state index in [9.17, 15) is 4.79 Å². The van der Waals surface area contributed by atoms with Crippen molar-refractivity contribution >= 4 is 5.91 Å². The summed E-state index contributed by atoms with van der Waals surface area (Å²) in [6, 6.07) is 7.63. The Balaban J connectivity index is 2.54. The molecule has 1 rings (SSSR count). The number of benzene rings is 1. The smallest absolute Gasteiger partial charge is 0.249 e. The van der Waals surface area contributed by atoms with Crippen LogP contribution in [0.2, 0.25) is 0 Å². The minimum atomic E-state index is -0.398. The first-order valence-electron chi connectivity index (χ1n) is 5.87. The number of amides is 1. The van der Waals surface area contributed by atoms with E-state index >= 15 is 0 Å². The Morgan fingerprint density at radius 2 is 2.18 bits per heavy atom. The maximum atomic E-state index is 11.2. The van der Waals surface area contributed by atoms with Crippen molar-refractivity contribution in [2.75, 3.05) is 6.61 Å². The van der Waals surface area contributed by atoms with E-state index in [1.807, 2.05) is 12.1 Å². The zero-order chi connectivity index (χ0) is 12.7. The lowest BCUT2D eigenvalue weighted by Crippen LogP contribution is -2.27. The third-order valence-corrected chi connectivity index (χ3v) is 2.72. The van der Waals surface area contributed by atoms with E-state index in [1.165, 1.54) is 0 Å². The molecule has 0 bridgehead atoms. The highest BCUT2D eigenvalue weighted by Gasteiger charge is 2.08. The van der Waals surface area contributed by atoms with Crippen LogP contribution in [0.4, 0.5) is 0 Å². The van der Waals surface area contributed by atoms with Crippen LogP contribution in [0.1, 0.15) is 35.7 Å². The Morgan fingerprint density at radius 3 is 2.82 bits per heavy atom. The summed E-state index contributed by atoms with van der Waals surface area (Å²) in [5, 5.41) is 12.0. The number of nitrogens with one attached hydrogen (secondary N) is 1. The van der Waals surface area contributed by atoms with Crippen LogP contribution in [0, 0.1) is 0 Å². The van der Waals surface area contributed by atoms with Crippen LogP contribution in [0.5, 0.6) is 0 Å². The Hall–Kier alpha value is -1.39. The van der Waals surface area contributed by atoms with Crippen LogP contribution >= 0.6 is 0 Å². The summed E-state index contributed by atoms with van der Waals surface area (Å²) in [5.74, 6) is -0.398. The van der Waals surface area contributed by atoms with Gasteiger partial charge in [-0.2, -0.15) is 0 Å². The molecule has 1 unspecified atom stereocenters. The van der Waals surface area contributed by atoms with Gasteiger partial charge in [-0.1, -0.05) is 18.2 Å². The topological polar surface area (TPSA) is 75.3 Å². The molecule has 0 fully saturated rings. The first-order valence-corrected chi connectivity index (χ1v) is 5.87. The number of aliphatic hydroxyl groups is 1. The average Bonchev–Trinajstić information content (AvgIpc) is 2.34. The number of nitrogens with two attached hydrogens (primary N) is 1. The zero-order valence-corrected chi connectivity index (χ0v) is 10.1. The van der Waals surface area contributed by atoms with Crippen molar-refractivity contribution in [1.29, 1.82) is 0 Å². The van der Waals surface area contributed by atoms with Gasteiger partial charge in [0.25, 0.3) is 0 Å². The number of carbonyl (C=O) groups is 1. The molecular formula is C13H20N2O2. The summed E-state index contributed by atoms with van der Waals surface area (Å²) in [6.07, 6.45) is 1.70. The fourth-order valence-electron chi connectivity index (χ4n) is 1.70. The van der Waals surface area contributed by atoms with Crippen molar-refractivity contribution in [3.05, 3.63) is 35.4 Å². The molecule has 1 aromatic carbocycles. The van der Waals surface area contributed by atoms with E-state index in [2.05, 4.69) is 12.2 Å². The molecule has 1 amide bonds. The zero-order valence-electron chi connectivity index (χ0n) is 10.1. The number of aliphatic hydroxyl groups excluding tert-OH is 1. The summed E-state index contributed by atoms with van der Waals surface area (Å²) in [6.45, 7) is 2.89. The molecule has 0 aliphatic rings. The minimum Gasteiger partial charge on any atom is -0.396 e. The predicted molar refractivity (Wildman–Crippen MR) is 67.6 cm³/mol. The lowest BCUT2D eigenvalue weighted by atomic mass is 10.1. The molecule has 1 atom stereocenters. The first kappa shape index (κ1) is 13.7. The molecule has 0 heterocycles. The van der Waals surface area contributed by atoms with Crippen LogP contribution in [0.25, 0.3) is 0 Å². The molecule has 0 aliphatic carbocycles. The number of hydrogen-bond acceptors (Lipinski definition) is 3. The Morgan fingerprint density at radius 1 is 1.47 bits per heavy atom. The van der Waals surface area contributed by atoms with E-state index in [0.717, 1.165) is 18.4 Å². The summed E-state index contributed by atoms with van der Waals surface area (Å²) in [4.78, 5) is 11.2. The highest BCUT2D eigenvalue weighted by atomic mass is 16.2. The SMILES string of the molecule is CC(CCCO)NCc1ccccc1C(N)=O. The molecule has 0 radical (unpaired) electrons. The van der Waals surface area contributed by atoms with E-state index in [0.29, 0.717) is 18.2 Å². The van der Waals surface area contributed by atoms with E-state index in [4.69, 9.17) is 10.8 Å². The highest BCUT2D eigenvalue weighted by molar-refractivity contribution is 5.94. The van der Waals surface area contributed by atoms with Crippen LogP contribution in [0.3, 0.4) is 0 Å². The van der Waals surface area contributed by atoms with Crippen molar-refractivity contribution in [3.63, 3.8) is 0 Å². The van der Waals surface area contributed by atoms with Gasteiger partial charge in [0.1, 0.15) is 0 Å². The second kappa shape index (κ2) is 7.04. The minimum absolute atomic E-state index is 0.212. The summed E-state index contributed by atoms with van der Waals surface area (Å²) < 4.78 is 0. The molecule has 0 saturated carbocycles. The molecule has 0 saturated heterocycles. The molecule has 1 aromatic rings. The lowest BCUT2D eigenvalue weighted by Gasteiger charge is -2.14. The van der Waals surface area contributed by atoms with Crippen molar-refractivity contribution < 1.29 is 9.90 Å². The second-order valence-electron chi connectivity index (χ2n) is 4.17. The Kier molecular flexibility index (Phi) is 5.66. The normalized spacial score (nSPS) is 12.4. The molecule has 0 aromatic heterocycles. The maximum absolute atomic E-state index is 11.2. The summed E-state index contributed by atoms with van der Waals surface area (Å²) in [5.41, 5.74) is 6.78. The van der Waals surface area contributed by atoms with Gasteiger partial charge >= 0.3 is 0 Å². The largest absolute Gasteiger partial charge is 0.396 e. The van der Waals surface area contributed by atoms with Crippen LogP contribution in [-0.4, -0.2) is 23.7 Å². The number of primary amides is 1. The van der Waals surface area contributed by atoms with Crippen LogP contribution in [0.15, 0.2) is 24.3 Å². The molecule has 94 valence electrons. The fraction of sp³-hybridized carbons (Fsp3) is 0.462. The van der Waals surface area contributed by atoms with E-state index < -0.39 is 5.91 Å². The van der Waals surface area contributed by atoms with Gasteiger partial charge in [0.15, 0.2) is 0 Å². The van der Waals surface area contributed by atoms with Crippen LogP contribution < -0.4 is 11.1 Å². The standard InChI is InChI=1S/C13H20N2O2/c1-10(5-4-8-16)15-9-11-6-2-3-7-12(11)13(14)17/h2-3,6-7,10,15-16H,4-5,8-9H2,1H3,(H2,14,17). The molecular weight excluding hydrogens is 216 g/mol. The van der Waals surface area contributed by atoms with Gasteiger partial charge in [0.05, 0.1) is 0 Å². The molecule has 0 spiro atoms. The maximum Gasteiger partial charge on any atom is 0.249 e. The molecule has 17 heavy (non-hydrogen) atoms. The van der Waals surface area contributed by atoms with Gasteiger partial charge < -0.3 is 16.2 Å². The highest BCUT2D eigenvalue weighted by Crippen LogP contribution is 2.08. The molecule has 4 nitrogen and oxygen atoms in total. The van der Waals surface area contributed by atoms with Crippen LogP contribution in [-0.2, 0) is 6.54 Å². The Bertz CT molecular complexity index is 366. The van der Waals surface area contributed by atoms with Gasteiger partial charge in [0, 0.05) is 24.8 Å². The second-order valence-corrected chi connectivity index (χ2v) is 4.17. The number of rotatable bonds is 7. The monoisotopic (exact) mass is 236 g/mol. The van der Waals surface area contributed by atoms with Crippen molar-refractivity contribution in [2.24, 2.45) is 5.73 Å². The lowest BCUT2D eigenvalue weighted by molar-refractivity contribution is 0.0999. The number of carbonyl (C=O) groups excluding carboxylic acids is 1. The summed E-state index contributed by atoms with van der Waals surface area (Å²) in [7, 11) is 0. The third kappa shape index (κ3) is 4.54. The van der Waals surface area contributed by atoms with Crippen molar-refractivity contribution in [2.45, 2.75) is 32.4 Å². The van der Waals surface area contributed by atoms with Gasteiger partial charge in [-0.15, -0.1) is 0 Å².